The molecule has 1 unspecified atom stereocenters. The molecular formula is C12H16ClF3N2O3S. The molecule has 10 heteroatoms. The van der Waals surface area contributed by atoms with Gasteiger partial charge < -0.3 is 11.1 Å². The first-order valence-electron chi connectivity index (χ1n) is 5.90. The van der Waals surface area contributed by atoms with Crippen molar-refractivity contribution in [2.24, 2.45) is 5.73 Å². The van der Waals surface area contributed by atoms with E-state index in [4.69, 9.17) is 5.73 Å². The summed E-state index contributed by atoms with van der Waals surface area (Å²) in [5, 5.41) is 2.23. The number of nitrogens with two attached hydrogens (primary N) is 1. The second-order valence-electron chi connectivity index (χ2n) is 4.59. The van der Waals surface area contributed by atoms with Crippen LogP contribution in [0.15, 0.2) is 24.3 Å². The number of hydrogen-bond donors (Lipinski definition) is 2. The molecule has 0 saturated carbocycles. The highest BCUT2D eigenvalue weighted by Crippen LogP contribution is 2.30. The number of alkyl halides is 3. The molecule has 0 aliphatic rings. The second kappa shape index (κ2) is 7.80. The first kappa shape index (κ1) is 20.7. The van der Waals surface area contributed by atoms with Crippen molar-refractivity contribution in [1.82, 2.24) is 0 Å². The van der Waals surface area contributed by atoms with Crippen LogP contribution in [0.2, 0.25) is 0 Å². The van der Waals surface area contributed by atoms with E-state index in [9.17, 15) is 26.4 Å². The molecule has 0 aromatic heterocycles. The van der Waals surface area contributed by atoms with Gasteiger partial charge in [0.15, 0.2) is 0 Å². The summed E-state index contributed by atoms with van der Waals surface area (Å²) in [5.41, 5.74) is 4.55. The molecule has 3 N–H and O–H groups in total. The lowest BCUT2D eigenvalue weighted by atomic mass is 10.1. The van der Waals surface area contributed by atoms with Gasteiger partial charge in [0, 0.05) is 11.9 Å². The maximum absolute atomic E-state index is 12.5. The number of rotatable bonds is 5. The number of anilines is 1. The van der Waals surface area contributed by atoms with Crippen molar-refractivity contribution < 1.29 is 26.4 Å². The summed E-state index contributed by atoms with van der Waals surface area (Å²) in [7, 11) is -3.26. The summed E-state index contributed by atoms with van der Waals surface area (Å²) in [4.78, 5) is 11.7. The van der Waals surface area contributed by atoms with E-state index in [1.54, 1.807) is 0 Å². The van der Waals surface area contributed by atoms with E-state index in [-0.39, 0.29) is 30.3 Å². The zero-order valence-electron chi connectivity index (χ0n) is 11.6. The number of amides is 1. The summed E-state index contributed by atoms with van der Waals surface area (Å²) < 4.78 is 59.5. The van der Waals surface area contributed by atoms with Crippen LogP contribution in [-0.2, 0) is 20.8 Å². The Balaban J connectivity index is 0.00000441. The Morgan fingerprint density at radius 2 is 1.95 bits per heavy atom. The number of benzene rings is 1. The van der Waals surface area contributed by atoms with Crippen molar-refractivity contribution in [3.63, 3.8) is 0 Å². The molecule has 1 aromatic carbocycles. The van der Waals surface area contributed by atoms with E-state index in [2.05, 4.69) is 5.32 Å². The van der Waals surface area contributed by atoms with Gasteiger partial charge in [0.05, 0.1) is 17.4 Å². The van der Waals surface area contributed by atoms with E-state index in [0.717, 1.165) is 24.5 Å². The van der Waals surface area contributed by atoms with Crippen LogP contribution in [0.5, 0.6) is 0 Å². The van der Waals surface area contributed by atoms with Gasteiger partial charge in [0.25, 0.3) is 0 Å². The minimum Gasteiger partial charge on any atom is -0.325 e. The number of carbonyl (C=O) groups is 1. The molecule has 0 spiro atoms. The number of hydrogen-bond acceptors (Lipinski definition) is 4. The predicted molar refractivity (Wildman–Crippen MR) is 79.6 cm³/mol. The fourth-order valence-electron chi connectivity index (χ4n) is 1.48. The third kappa shape index (κ3) is 7.10. The molecule has 0 radical (unpaired) electrons. The first-order valence-corrected chi connectivity index (χ1v) is 7.96. The fourth-order valence-corrected chi connectivity index (χ4v) is 2.16. The Hall–Kier alpha value is -1.32. The Labute approximate surface area is 132 Å². The lowest BCUT2D eigenvalue weighted by Gasteiger charge is -2.13. The average molecular weight is 361 g/mol. The molecule has 5 nitrogen and oxygen atoms in total. The van der Waals surface area contributed by atoms with E-state index in [1.807, 2.05) is 0 Å². The van der Waals surface area contributed by atoms with E-state index in [0.29, 0.717) is 0 Å². The van der Waals surface area contributed by atoms with Crippen LogP contribution in [-0.4, -0.2) is 32.4 Å². The Morgan fingerprint density at radius 1 is 1.36 bits per heavy atom. The van der Waals surface area contributed by atoms with Crippen molar-refractivity contribution in [2.75, 3.05) is 17.3 Å². The van der Waals surface area contributed by atoms with Gasteiger partial charge in [0.1, 0.15) is 9.84 Å². The lowest BCUT2D eigenvalue weighted by Crippen LogP contribution is -2.37. The van der Waals surface area contributed by atoms with E-state index < -0.39 is 33.5 Å². The Bertz CT molecular complexity index is 620. The highest BCUT2D eigenvalue weighted by molar-refractivity contribution is 7.90. The summed E-state index contributed by atoms with van der Waals surface area (Å²) in [6.45, 7) is 0. The third-order valence-electron chi connectivity index (χ3n) is 2.59. The van der Waals surface area contributed by atoms with Crippen LogP contribution in [0.4, 0.5) is 18.9 Å². The first-order chi connectivity index (χ1) is 9.49. The maximum atomic E-state index is 12.5. The summed E-state index contributed by atoms with van der Waals surface area (Å²) in [5.74, 6) is -1.01. The van der Waals surface area contributed by atoms with Gasteiger partial charge in [-0.25, -0.2) is 8.42 Å². The molecule has 0 heterocycles. The van der Waals surface area contributed by atoms with Crippen molar-refractivity contribution in [1.29, 1.82) is 0 Å². The van der Waals surface area contributed by atoms with Crippen molar-refractivity contribution in [3.8, 4) is 0 Å². The van der Waals surface area contributed by atoms with Crippen LogP contribution in [0.25, 0.3) is 0 Å². The molecule has 0 saturated heterocycles. The van der Waals surface area contributed by atoms with Crippen molar-refractivity contribution >= 4 is 33.8 Å². The van der Waals surface area contributed by atoms with Gasteiger partial charge in [-0.2, -0.15) is 13.2 Å². The largest absolute Gasteiger partial charge is 0.416 e. The number of nitrogens with one attached hydrogen (secondary N) is 1. The molecule has 0 fully saturated rings. The second-order valence-corrected chi connectivity index (χ2v) is 6.85. The smallest absolute Gasteiger partial charge is 0.325 e. The topological polar surface area (TPSA) is 89.3 Å². The molecule has 1 amide bonds. The van der Waals surface area contributed by atoms with Gasteiger partial charge in [-0.05, 0) is 24.6 Å². The normalized spacial score (nSPS) is 13.1. The van der Waals surface area contributed by atoms with E-state index >= 15 is 0 Å². The molecule has 1 atom stereocenters. The Kier molecular flexibility index (Phi) is 7.33. The number of carbonyl (C=O) groups excluding carboxylic acids is 1. The quantitative estimate of drug-likeness (QED) is 0.838. The van der Waals surface area contributed by atoms with Gasteiger partial charge in [0.2, 0.25) is 5.91 Å². The summed E-state index contributed by atoms with van der Waals surface area (Å²) in [6, 6.07) is 2.98. The van der Waals surface area contributed by atoms with Crippen molar-refractivity contribution in [2.45, 2.75) is 18.6 Å². The van der Waals surface area contributed by atoms with Crippen LogP contribution in [0, 0.1) is 0 Å². The maximum Gasteiger partial charge on any atom is 0.416 e. The van der Waals surface area contributed by atoms with Crippen molar-refractivity contribution in [3.05, 3.63) is 29.8 Å². The summed E-state index contributed by atoms with van der Waals surface area (Å²) in [6.07, 6.45) is -3.62. The summed E-state index contributed by atoms with van der Waals surface area (Å²) >= 11 is 0. The molecule has 126 valence electrons. The minimum absolute atomic E-state index is 0. The van der Waals surface area contributed by atoms with Crippen LogP contribution in [0.1, 0.15) is 12.0 Å². The van der Waals surface area contributed by atoms with Gasteiger partial charge in [-0.1, -0.05) is 6.07 Å². The van der Waals surface area contributed by atoms with Gasteiger partial charge in [-0.3, -0.25) is 4.79 Å². The lowest BCUT2D eigenvalue weighted by molar-refractivity contribution is -0.137. The molecule has 0 aliphatic carbocycles. The number of halogens is 4. The van der Waals surface area contributed by atoms with Gasteiger partial charge in [-0.15, -0.1) is 12.4 Å². The standard InChI is InChI=1S/C12H15F3N2O3S.ClH/c1-21(19,20)6-5-10(16)11(18)17-9-4-2-3-8(7-9)12(13,14)15;/h2-4,7,10H,5-6,16H2,1H3,(H,17,18);1H. The number of sulfone groups is 1. The Morgan fingerprint density at radius 3 is 2.45 bits per heavy atom. The van der Waals surface area contributed by atoms with Crippen LogP contribution in [0.3, 0.4) is 0 Å². The highest BCUT2D eigenvalue weighted by Gasteiger charge is 2.30. The molecule has 1 aromatic rings. The minimum atomic E-state index is -4.51. The van der Waals surface area contributed by atoms with Crippen LogP contribution >= 0.6 is 12.4 Å². The van der Waals surface area contributed by atoms with Crippen LogP contribution < -0.4 is 11.1 Å². The van der Waals surface area contributed by atoms with E-state index in [1.165, 1.54) is 6.07 Å². The monoisotopic (exact) mass is 360 g/mol. The zero-order chi connectivity index (χ0) is 16.3. The molecule has 1 rings (SSSR count). The fraction of sp³-hybridized carbons (Fsp3) is 0.417. The predicted octanol–water partition coefficient (Wildman–Crippen LogP) is 1.83. The highest BCUT2D eigenvalue weighted by atomic mass is 35.5. The molecule has 0 aliphatic heterocycles. The average Bonchev–Trinajstić information content (AvgIpc) is 2.34. The molecule has 0 bridgehead atoms. The zero-order valence-corrected chi connectivity index (χ0v) is 13.2. The SMILES string of the molecule is CS(=O)(=O)CCC(N)C(=O)Nc1cccc(C(F)(F)F)c1.Cl. The molecule has 22 heavy (non-hydrogen) atoms. The van der Waals surface area contributed by atoms with Gasteiger partial charge >= 0.3 is 6.18 Å². The third-order valence-corrected chi connectivity index (χ3v) is 3.57. The molecular weight excluding hydrogens is 345 g/mol.